The molecule has 0 N–H and O–H groups in total. The second kappa shape index (κ2) is 10.1. The van der Waals surface area contributed by atoms with Crippen LogP contribution in [0, 0.1) is 0 Å². The van der Waals surface area contributed by atoms with Gasteiger partial charge in [0.25, 0.3) is 11.1 Å². The molecule has 0 saturated carbocycles. The van der Waals surface area contributed by atoms with Gasteiger partial charge in [0.1, 0.15) is 6.04 Å². The van der Waals surface area contributed by atoms with Crippen molar-refractivity contribution in [3.05, 3.63) is 32.1 Å². The van der Waals surface area contributed by atoms with Crippen molar-refractivity contribution in [3.8, 4) is 5.75 Å². The number of benzene rings is 1. The second-order valence-corrected chi connectivity index (χ2v) is 7.91. The van der Waals surface area contributed by atoms with Crippen molar-refractivity contribution in [2.45, 2.75) is 19.9 Å². The number of methoxy groups -OCH3 is 1. The molecule has 1 aromatic carbocycles. The Morgan fingerprint density at radius 2 is 2.03 bits per heavy atom. The zero-order valence-electron chi connectivity index (χ0n) is 15.7. The van der Waals surface area contributed by atoms with Crippen molar-refractivity contribution >= 4 is 68.5 Å². The molecule has 0 radical (unpaired) electrons. The predicted molar refractivity (Wildman–Crippen MR) is 111 cm³/mol. The van der Waals surface area contributed by atoms with E-state index < -0.39 is 29.1 Å². The van der Waals surface area contributed by atoms with E-state index in [1.165, 1.54) is 26.2 Å². The molecule has 1 aliphatic heterocycles. The van der Waals surface area contributed by atoms with E-state index in [4.69, 9.17) is 21.1 Å². The number of carbonyl (C=O) groups excluding carboxylic acids is 4. The van der Waals surface area contributed by atoms with Crippen LogP contribution in [0.5, 0.6) is 5.75 Å². The molecule has 0 bridgehead atoms. The van der Waals surface area contributed by atoms with Gasteiger partial charge in [0.05, 0.1) is 28.1 Å². The minimum atomic E-state index is -1.03. The Kier molecular flexibility index (Phi) is 8.12. The molecule has 0 aromatic heterocycles. The number of hydrogen-bond donors (Lipinski definition) is 0. The normalized spacial score (nSPS) is 16.2. The lowest BCUT2D eigenvalue weighted by molar-refractivity contribution is -0.150. The molecule has 11 heteroatoms. The van der Waals surface area contributed by atoms with Gasteiger partial charge in [-0.3, -0.25) is 14.5 Å². The quantitative estimate of drug-likeness (QED) is 0.408. The van der Waals surface area contributed by atoms with Gasteiger partial charge >= 0.3 is 11.9 Å². The molecular formula is C18H17BrClNO7S. The van der Waals surface area contributed by atoms with Crippen molar-refractivity contribution in [3.63, 3.8) is 0 Å². The standard InChI is InChI=1S/C18H17BrClNO7S/c1-4-27-17(24)9(2)21-16(23)13(29-18(21)25)7-10-5-11(19)15(12(20)6-10)28-8-14(22)26-3/h5-7,9H,4,8H2,1-3H3/b13-7-/t9-/m0/s1. The highest BCUT2D eigenvalue weighted by Crippen LogP contribution is 2.38. The second-order valence-electron chi connectivity index (χ2n) is 5.66. The molecule has 0 aliphatic carbocycles. The summed E-state index contributed by atoms with van der Waals surface area (Å²) in [6, 6.07) is 2.10. The summed E-state index contributed by atoms with van der Waals surface area (Å²) in [7, 11) is 1.24. The van der Waals surface area contributed by atoms with Crippen LogP contribution in [0.25, 0.3) is 6.08 Å². The van der Waals surface area contributed by atoms with Crippen LogP contribution >= 0.6 is 39.3 Å². The van der Waals surface area contributed by atoms with E-state index in [2.05, 4.69) is 20.7 Å². The molecule has 2 amide bonds. The molecule has 29 heavy (non-hydrogen) atoms. The predicted octanol–water partition coefficient (Wildman–Crippen LogP) is 3.64. The lowest BCUT2D eigenvalue weighted by atomic mass is 10.2. The van der Waals surface area contributed by atoms with Gasteiger partial charge in [-0.15, -0.1) is 0 Å². The SMILES string of the molecule is CCOC(=O)[C@H](C)N1C(=O)S/C(=C\c2cc(Cl)c(OCC(=O)OC)c(Br)c2)C1=O. The largest absolute Gasteiger partial charge is 0.479 e. The number of hydrogen-bond acceptors (Lipinski definition) is 8. The highest BCUT2D eigenvalue weighted by Gasteiger charge is 2.41. The summed E-state index contributed by atoms with van der Waals surface area (Å²) in [4.78, 5) is 48.9. The Bertz CT molecular complexity index is 866. The van der Waals surface area contributed by atoms with Crippen LogP contribution in [0.3, 0.4) is 0 Å². The van der Waals surface area contributed by atoms with Crippen LogP contribution < -0.4 is 4.74 Å². The summed E-state index contributed by atoms with van der Waals surface area (Å²) in [6.45, 7) is 2.89. The summed E-state index contributed by atoms with van der Waals surface area (Å²) in [5.41, 5.74) is 0.515. The van der Waals surface area contributed by atoms with Crippen LogP contribution in [0.2, 0.25) is 5.02 Å². The average Bonchev–Trinajstić information content (AvgIpc) is 2.93. The smallest absolute Gasteiger partial charge is 0.343 e. The molecule has 1 heterocycles. The van der Waals surface area contributed by atoms with E-state index in [1.54, 1.807) is 13.0 Å². The first kappa shape index (κ1) is 23.2. The first-order valence-corrected chi connectivity index (χ1v) is 10.3. The van der Waals surface area contributed by atoms with Crippen LogP contribution in [-0.4, -0.2) is 54.4 Å². The number of ether oxygens (including phenoxy) is 3. The molecule has 0 spiro atoms. The Hall–Kier alpha value is -2.04. The topological polar surface area (TPSA) is 99.2 Å². The highest BCUT2D eigenvalue weighted by atomic mass is 79.9. The number of esters is 2. The third-order valence-electron chi connectivity index (χ3n) is 3.72. The lowest BCUT2D eigenvalue weighted by Crippen LogP contribution is -2.42. The molecule has 8 nitrogen and oxygen atoms in total. The van der Waals surface area contributed by atoms with Gasteiger partial charge in [0.2, 0.25) is 0 Å². The van der Waals surface area contributed by atoms with Crippen LogP contribution in [0.1, 0.15) is 19.4 Å². The van der Waals surface area contributed by atoms with Crippen LogP contribution in [-0.2, 0) is 23.9 Å². The van der Waals surface area contributed by atoms with Crippen molar-refractivity contribution in [2.24, 2.45) is 0 Å². The van der Waals surface area contributed by atoms with E-state index in [1.807, 2.05) is 0 Å². The van der Waals surface area contributed by atoms with Crippen molar-refractivity contribution in [2.75, 3.05) is 20.3 Å². The Morgan fingerprint density at radius 3 is 2.62 bits per heavy atom. The summed E-state index contributed by atoms with van der Waals surface area (Å²) in [5.74, 6) is -1.59. The van der Waals surface area contributed by atoms with Crippen molar-refractivity contribution in [1.29, 1.82) is 0 Å². The van der Waals surface area contributed by atoms with E-state index in [-0.39, 0.29) is 28.9 Å². The molecule has 1 saturated heterocycles. The number of thioether (sulfide) groups is 1. The fourth-order valence-electron chi connectivity index (χ4n) is 2.32. The monoisotopic (exact) mass is 505 g/mol. The number of carbonyl (C=O) groups is 4. The maximum Gasteiger partial charge on any atom is 0.343 e. The van der Waals surface area contributed by atoms with E-state index >= 15 is 0 Å². The van der Waals surface area contributed by atoms with Gasteiger partial charge in [-0.1, -0.05) is 11.6 Å². The number of amides is 2. The third kappa shape index (κ3) is 5.52. The molecule has 156 valence electrons. The van der Waals surface area contributed by atoms with Gasteiger partial charge in [-0.2, -0.15) is 0 Å². The summed E-state index contributed by atoms with van der Waals surface area (Å²) < 4.78 is 15.1. The van der Waals surface area contributed by atoms with Gasteiger partial charge in [-0.05, 0) is 65.3 Å². The number of nitrogens with zero attached hydrogens (tertiary/aromatic N) is 1. The summed E-state index contributed by atoms with van der Waals surface area (Å²) in [6.07, 6.45) is 1.48. The third-order valence-corrected chi connectivity index (χ3v) is 5.47. The number of halogens is 2. The Balaban J connectivity index is 2.24. The van der Waals surface area contributed by atoms with Gasteiger partial charge in [0, 0.05) is 0 Å². The lowest BCUT2D eigenvalue weighted by Gasteiger charge is -2.19. The summed E-state index contributed by atoms with van der Waals surface area (Å²) in [5, 5.41) is -0.376. The van der Waals surface area contributed by atoms with Crippen LogP contribution in [0.4, 0.5) is 4.79 Å². The van der Waals surface area contributed by atoms with Gasteiger partial charge in [-0.25, -0.2) is 9.59 Å². The van der Waals surface area contributed by atoms with Crippen LogP contribution in [0.15, 0.2) is 21.5 Å². The highest BCUT2D eigenvalue weighted by molar-refractivity contribution is 9.10. The molecule has 1 atom stereocenters. The minimum Gasteiger partial charge on any atom is -0.479 e. The fraction of sp³-hybridized carbons (Fsp3) is 0.333. The van der Waals surface area contributed by atoms with Crippen molar-refractivity contribution in [1.82, 2.24) is 4.90 Å². The minimum absolute atomic E-state index is 0.136. The maximum absolute atomic E-state index is 12.6. The zero-order valence-corrected chi connectivity index (χ0v) is 18.9. The van der Waals surface area contributed by atoms with E-state index in [0.29, 0.717) is 21.8 Å². The molecule has 2 rings (SSSR count). The van der Waals surface area contributed by atoms with Crippen molar-refractivity contribution < 1.29 is 33.4 Å². The van der Waals surface area contributed by atoms with Gasteiger partial charge < -0.3 is 14.2 Å². The maximum atomic E-state index is 12.6. The Morgan fingerprint density at radius 1 is 1.34 bits per heavy atom. The molecule has 1 aliphatic rings. The molecular weight excluding hydrogens is 490 g/mol. The fourth-order valence-corrected chi connectivity index (χ4v) is 4.22. The molecule has 0 unspecified atom stereocenters. The zero-order chi connectivity index (χ0) is 21.7. The Labute approximate surface area is 184 Å². The van der Waals surface area contributed by atoms with E-state index in [9.17, 15) is 19.2 Å². The number of imide groups is 1. The average molecular weight is 507 g/mol. The first-order valence-electron chi connectivity index (χ1n) is 8.31. The van der Waals surface area contributed by atoms with Gasteiger partial charge in [0.15, 0.2) is 12.4 Å². The molecule has 1 fully saturated rings. The number of rotatable bonds is 7. The molecule has 1 aromatic rings. The summed E-state index contributed by atoms with van der Waals surface area (Å²) >= 11 is 10.2. The van der Waals surface area contributed by atoms with E-state index in [0.717, 1.165) is 4.90 Å². The first-order chi connectivity index (χ1) is 13.7.